The highest BCUT2D eigenvalue weighted by Crippen LogP contribution is 2.21. The fraction of sp³-hybridized carbons (Fsp3) is 0.0714. The molecule has 8 heteroatoms. The lowest BCUT2D eigenvalue weighted by atomic mass is 10.1. The molecule has 4 aromatic rings. The normalized spacial score (nSPS) is 11.8. The van der Waals surface area contributed by atoms with E-state index in [1.807, 2.05) is 37.3 Å². The van der Waals surface area contributed by atoms with Crippen LogP contribution in [0.3, 0.4) is 0 Å². The first-order valence-electron chi connectivity index (χ1n) is 11.3. The number of anilines is 2. The van der Waals surface area contributed by atoms with Gasteiger partial charge < -0.3 is 10.6 Å². The van der Waals surface area contributed by atoms with Crippen LogP contribution in [0.5, 0.6) is 0 Å². The molecule has 7 nitrogen and oxygen atoms in total. The lowest BCUT2D eigenvalue weighted by Crippen LogP contribution is -2.28. The third-order valence-corrected chi connectivity index (χ3v) is 6.89. The van der Waals surface area contributed by atoms with Crippen LogP contribution in [0, 0.1) is 0 Å². The summed E-state index contributed by atoms with van der Waals surface area (Å²) in [4.78, 5) is 26.1. The van der Waals surface area contributed by atoms with E-state index in [1.165, 1.54) is 18.2 Å². The summed E-state index contributed by atoms with van der Waals surface area (Å²) in [5, 5.41) is 5.71. The highest BCUT2D eigenvalue weighted by Gasteiger charge is 2.18. The van der Waals surface area contributed by atoms with Crippen molar-refractivity contribution in [3.8, 4) is 0 Å². The van der Waals surface area contributed by atoms with Gasteiger partial charge in [0, 0.05) is 11.3 Å². The first-order valence-corrected chi connectivity index (χ1v) is 12.8. The lowest BCUT2D eigenvalue weighted by molar-refractivity contribution is 0.0940. The van der Waals surface area contributed by atoms with E-state index in [0.29, 0.717) is 11.3 Å². The molecule has 36 heavy (non-hydrogen) atoms. The van der Waals surface area contributed by atoms with Gasteiger partial charge in [-0.1, -0.05) is 66.7 Å². The van der Waals surface area contributed by atoms with E-state index in [2.05, 4.69) is 15.4 Å². The molecule has 1 atom stereocenters. The summed E-state index contributed by atoms with van der Waals surface area (Å²) < 4.78 is 27.7. The van der Waals surface area contributed by atoms with Crippen LogP contribution >= 0.6 is 0 Å². The number of amides is 2. The van der Waals surface area contributed by atoms with Gasteiger partial charge >= 0.3 is 0 Å². The van der Waals surface area contributed by atoms with E-state index in [1.54, 1.807) is 60.7 Å². The molecule has 182 valence electrons. The molecular formula is C28H25N3O4S. The molecule has 0 spiro atoms. The standard InChI is InChI=1S/C28H25N3O4S/c1-20(21-11-4-2-5-12-21)29-28(33)25-17-8-9-18-26(25)30-27(32)22-13-10-14-23(19-22)31-36(34,35)24-15-6-3-7-16-24/h2-20,31H,1H3,(H,29,33)(H,30,32)/t20-/m0/s1. The molecular weight excluding hydrogens is 474 g/mol. The molecule has 0 saturated heterocycles. The number of carbonyl (C=O) groups is 2. The number of benzene rings is 4. The Morgan fingerprint density at radius 3 is 2.08 bits per heavy atom. The van der Waals surface area contributed by atoms with E-state index >= 15 is 0 Å². The van der Waals surface area contributed by atoms with Crippen molar-refractivity contribution in [2.45, 2.75) is 17.9 Å². The Bertz CT molecular complexity index is 1470. The average molecular weight is 500 g/mol. The molecule has 0 fully saturated rings. The summed E-state index contributed by atoms with van der Waals surface area (Å²) >= 11 is 0. The molecule has 4 aromatic carbocycles. The summed E-state index contributed by atoms with van der Waals surface area (Å²) in [6.45, 7) is 1.89. The van der Waals surface area contributed by atoms with Crippen molar-refractivity contribution in [3.05, 3.63) is 126 Å². The van der Waals surface area contributed by atoms with Gasteiger partial charge in [0.15, 0.2) is 0 Å². The molecule has 0 aliphatic carbocycles. The second-order valence-electron chi connectivity index (χ2n) is 8.10. The van der Waals surface area contributed by atoms with Gasteiger partial charge in [-0.25, -0.2) is 8.42 Å². The minimum Gasteiger partial charge on any atom is -0.345 e. The zero-order valence-corrected chi connectivity index (χ0v) is 20.3. The third kappa shape index (κ3) is 5.97. The first kappa shape index (κ1) is 24.7. The highest BCUT2D eigenvalue weighted by molar-refractivity contribution is 7.92. The van der Waals surface area contributed by atoms with Gasteiger partial charge in [-0.2, -0.15) is 0 Å². The second kappa shape index (κ2) is 10.9. The van der Waals surface area contributed by atoms with Crippen molar-refractivity contribution < 1.29 is 18.0 Å². The van der Waals surface area contributed by atoms with E-state index in [4.69, 9.17) is 0 Å². The monoisotopic (exact) mass is 499 g/mol. The molecule has 0 radical (unpaired) electrons. The summed E-state index contributed by atoms with van der Waals surface area (Å²) in [5.41, 5.74) is 2.09. The van der Waals surface area contributed by atoms with Crippen molar-refractivity contribution in [2.24, 2.45) is 0 Å². The number of rotatable bonds is 8. The molecule has 4 rings (SSSR count). The molecule has 2 amide bonds. The van der Waals surface area contributed by atoms with E-state index in [0.717, 1.165) is 5.56 Å². The van der Waals surface area contributed by atoms with Gasteiger partial charge in [0.1, 0.15) is 0 Å². The summed E-state index contributed by atoms with van der Waals surface area (Å²) in [6.07, 6.45) is 0. The largest absolute Gasteiger partial charge is 0.345 e. The van der Waals surface area contributed by atoms with Crippen LogP contribution in [0.25, 0.3) is 0 Å². The Kier molecular flexibility index (Phi) is 7.46. The molecule has 0 bridgehead atoms. The van der Waals surface area contributed by atoms with Crippen LogP contribution in [0.2, 0.25) is 0 Å². The van der Waals surface area contributed by atoms with Crippen LogP contribution in [0.15, 0.2) is 114 Å². The van der Waals surface area contributed by atoms with Crippen molar-refractivity contribution >= 4 is 33.2 Å². The minimum absolute atomic E-state index is 0.115. The van der Waals surface area contributed by atoms with Gasteiger partial charge in [0.05, 0.1) is 22.2 Å². The van der Waals surface area contributed by atoms with Crippen LogP contribution in [-0.4, -0.2) is 20.2 Å². The fourth-order valence-corrected chi connectivity index (χ4v) is 4.69. The van der Waals surface area contributed by atoms with Crippen molar-refractivity contribution in [2.75, 3.05) is 10.0 Å². The smallest absolute Gasteiger partial charge is 0.261 e. The van der Waals surface area contributed by atoms with Gasteiger partial charge in [-0.15, -0.1) is 0 Å². The zero-order chi connectivity index (χ0) is 25.5. The quantitative estimate of drug-likeness (QED) is 0.309. The van der Waals surface area contributed by atoms with Gasteiger partial charge in [0.25, 0.3) is 21.8 Å². The number of hydrogen-bond acceptors (Lipinski definition) is 4. The van der Waals surface area contributed by atoms with Crippen LogP contribution in [0.4, 0.5) is 11.4 Å². The molecule has 0 heterocycles. The Labute approximate surface area is 210 Å². The maximum Gasteiger partial charge on any atom is 0.261 e. The molecule has 0 aliphatic rings. The fourth-order valence-electron chi connectivity index (χ4n) is 3.62. The number of sulfonamides is 1. The number of para-hydroxylation sites is 1. The third-order valence-electron chi connectivity index (χ3n) is 5.50. The predicted octanol–water partition coefficient (Wildman–Crippen LogP) is 5.23. The maximum atomic E-state index is 13.0. The molecule has 0 aliphatic heterocycles. The van der Waals surface area contributed by atoms with Crippen LogP contribution in [-0.2, 0) is 10.0 Å². The van der Waals surface area contributed by atoms with Gasteiger partial charge in [-0.3, -0.25) is 14.3 Å². The van der Waals surface area contributed by atoms with E-state index in [9.17, 15) is 18.0 Å². The molecule has 3 N–H and O–H groups in total. The number of nitrogens with one attached hydrogen (secondary N) is 3. The minimum atomic E-state index is -3.80. The van der Waals surface area contributed by atoms with E-state index in [-0.39, 0.29) is 28.1 Å². The lowest BCUT2D eigenvalue weighted by Gasteiger charge is -2.16. The number of hydrogen-bond donors (Lipinski definition) is 3. The Balaban J connectivity index is 1.49. The molecule has 0 aromatic heterocycles. The van der Waals surface area contributed by atoms with Crippen molar-refractivity contribution in [3.63, 3.8) is 0 Å². The Morgan fingerprint density at radius 2 is 1.36 bits per heavy atom. The SMILES string of the molecule is C[C@H](NC(=O)c1ccccc1NC(=O)c1cccc(NS(=O)(=O)c2ccccc2)c1)c1ccccc1. The van der Waals surface area contributed by atoms with Crippen LogP contribution < -0.4 is 15.4 Å². The summed E-state index contributed by atoms with van der Waals surface area (Å²) in [6, 6.07) is 30.2. The zero-order valence-electron chi connectivity index (χ0n) is 19.5. The topological polar surface area (TPSA) is 104 Å². The van der Waals surface area contributed by atoms with Crippen molar-refractivity contribution in [1.29, 1.82) is 0 Å². The van der Waals surface area contributed by atoms with Crippen LogP contribution in [0.1, 0.15) is 39.2 Å². The van der Waals surface area contributed by atoms with Crippen molar-refractivity contribution in [1.82, 2.24) is 5.32 Å². The summed E-state index contributed by atoms with van der Waals surface area (Å²) in [7, 11) is -3.80. The molecule has 0 saturated carbocycles. The predicted molar refractivity (Wildman–Crippen MR) is 140 cm³/mol. The highest BCUT2D eigenvalue weighted by atomic mass is 32.2. The number of carbonyl (C=O) groups excluding carboxylic acids is 2. The van der Waals surface area contributed by atoms with E-state index < -0.39 is 15.9 Å². The maximum absolute atomic E-state index is 13.0. The molecule has 0 unspecified atom stereocenters. The Hall–Kier alpha value is -4.43. The van der Waals surface area contributed by atoms with Gasteiger partial charge in [-0.05, 0) is 55.0 Å². The summed E-state index contributed by atoms with van der Waals surface area (Å²) in [5.74, 6) is -0.807. The second-order valence-corrected chi connectivity index (χ2v) is 9.79. The van der Waals surface area contributed by atoms with Gasteiger partial charge in [0.2, 0.25) is 0 Å². The Morgan fingerprint density at radius 1 is 0.722 bits per heavy atom. The first-order chi connectivity index (χ1) is 17.3. The average Bonchev–Trinajstić information content (AvgIpc) is 2.90.